The van der Waals surface area contributed by atoms with E-state index in [4.69, 9.17) is 4.74 Å². The second-order valence-corrected chi connectivity index (χ2v) is 11.4. The summed E-state index contributed by atoms with van der Waals surface area (Å²) < 4.78 is 6.19. The van der Waals surface area contributed by atoms with E-state index in [-0.39, 0.29) is 30.6 Å². The molecule has 3 amide bonds. The minimum Gasteiger partial charge on any atom is -0.491 e. The minimum absolute atomic E-state index is 0.0192. The Kier molecular flexibility index (Phi) is 9.61. The fourth-order valence-electron chi connectivity index (χ4n) is 4.26. The number of fused-ring (bicyclic) bond motifs is 1. The third-order valence-corrected chi connectivity index (χ3v) is 7.37. The van der Waals surface area contributed by atoms with Crippen LogP contribution in [0.25, 0.3) is 0 Å². The molecule has 1 N–H and O–H groups in total. The van der Waals surface area contributed by atoms with Crippen molar-refractivity contribution in [1.29, 1.82) is 0 Å². The zero-order valence-corrected chi connectivity index (χ0v) is 22.9. The monoisotopic (exact) mass is 499 g/mol. The molecule has 0 fully saturated rings. The van der Waals surface area contributed by atoms with Gasteiger partial charge in [-0.1, -0.05) is 39.8 Å². The van der Waals surface area contributed by atoms with Crippen molar-refractivity contribution in [1.82, 2.24) is 15.1 Å². The van der Waals surface area contributed by atoms with Gasteiger partial charge in [-0.2, -0.15) is 0 Å². The molecule has 1 aliphatic rings. The Morgan fingerprint density at radius 1 is 1.11 bits per heavy atom. The fraction of sp³-hybridized carbons (Fsp3) is 0.571. The van der Waals surface area contributed by atoms with Gasteiger partial charge in [0, 0.05) is 24.0 Å². The number of thiophene rings is 1. The lowest BCUT2D eigenvalue weighted by atomic mass is 10.00. The molecule has 1 atom stereocenters. The van der Waals surface area contributed by atoms with Crippen LogP contribution >= 0.6 is 11.3 Å². The van der Waals surface area contributed by atoms with Crippen molar-refractivity contribution >= 4 is 23.3 Å². The third-order valence-electron chi connectivity index (χ3n) is 6.37. The molecule has 192 valence electrons. The van der Waals surface area contributed by atoms with E-state index in [1.165, 1.54) is 10.4 Å². The SMILES string of the molecule is CC(C)CCN(CC(=O)N1CCc2sccc2C1COc1ccc(C(C)C)cc1)C(=O)NC(C)C. The Morgan fingerprint density at radius 2 is 1.83 bits per heavy atom. The quantitative estimate of drug-likeness (QED) is 0.447. The van der Waals surface area contributed by atoms with E-state index in [0.717, 1.165) is 24.2 Å². The predicted octanol–water partition coefficient (Wildman–Crippen LogP) is 5.84. The molecule has 0 bridgehead atoms. The van der Waals surface area contributed by atoms with Crippen molar-refractivity contribution in [2.45, 2.75) is 72.4 Å². The highest BCUT2D eigenvalue weighted by atomic mass is 32.1. The summed E-state index contributed by atoms with van der Waals surface area (Å²) in [7, 11) is 0. The van der Waals surface area contributed by atoms with E-state index < -0.39 is 0 Å². The van der Waals surface area contributed by atoms with Gasteiger partial charge in [0.1, 0.15) is 18.9 Å². The summed E-state index contributed by atoms with van der Waals surface area (Å²) >= 11 is 1.74. The maximum absolute atomic E-state index is 13.6. The Hall–Kier alpha value is -2.54. The van der Waals surface area contributed by atoms with Gasteiger partial charge in [0.2, 0.25) is 5.91 Å². The maximum Gasteiger partial charge on any atom is 0.318 e. The number of urea groups is 1. The molecule has 1 aromatic carbocycles. The van der Waals surface area contributed by atoms with E-state index in [1.54, 1.807) is 16.2 Å². The highest BCUT2D eigenvalue weighted by Crippen LogP contribution is 2.34. The molecule has 0 aliphatic carbocycles. The smallest absolute Gasteiger partial charge is 0.318 e. The van der Waals surface area contributed by atoms with E-state index in [0.29, 0.717) is 31.5 Å². The molecule has 1 unspecified atom stereocenters. The minimum atomic E-state index is -0.180. The summed E-state index contributed by atoms with van der Waals surface area (Å²) in [6.45, 7) is 14.1. The molecule has 0 radical (unpaired) electrons. The van der Waals surface area contributed by atoms with Crippen LogP contribution in [0.4, 0.5) is 4.79 Å². The molecule has 0 spiro atoms. The molecule has 1 aliphatic heterocycles. The topological polar surface area (TPSA) is 61.9 Å². The second kappa shape index (κ2) is 12.4. The first-order valence-electron chi connectivity index (χ1n) is 12.8. The van der Waals surface area contributed by atoms with Gasteiger partial charge in [-0.25, -0.2) is 4.79 Å². The highest BCUT2D eigenvalue weighted by molar-refractivity contribution is 7.10. The molecule has 0 saturated heterocycles. The Balaban J connectivity index is 1.74. The van der Waals surface area contributed by atoms with Crippen molar-refractivity contribution < 1.29 is 14.3 Å². The van der Waals surface area contributed by atoms with Gasteiger partial charge in [0.05, 0.1) is 6.04 Å². The van der Waals surface area contributed by atoms with Gasteiger partial charge in [-0.3, -0.25) is 4.79 Å². The van der Waals surface area contributed by atoms with Crippen LogP contribution in [0.2, 0.25) is 0 Å². The van der Waals surface area contributed by atoms with Crippen molar-refractivity contribution in [3.8, 4) is 5.75 Å². The van der Waals surface area contributed by atoms with Crippen molar-refractivity contribution in [3.05, 3.63) is 51.7 Å². The number of rotatable bonds is 10. The lowest BCUT2D eigenvalue weighted by Gasteiger charge is -2.37. The number of carbonyl (C=O) groups is 2. The van der Waals surface area contributed by atoms with Gasteiger partial charge < -0.3 is 19.9 Å². The number of benzene rings is 1. The standard InChI is InChI=1S/C28H41N3O3S/c1-19(2)11-14-30(28(33)29-21(5)6)17-27(32)31-15-12-26-24(13-16-35-26)25(31)18-34-23-9-7-22(8-10-23)20(3)4/h7-10,13,16,19-21,25H,11-12,14-15,17-18H2,1-6H3,(H,29,33). The lowest BCUT2D eigenvalue weighted by Crippen LogP contribution is -2.51. The summed E-state index contributed by atoms with van der Waals surface area (Å²) in [5.41, 5.74) is 2.43. The number of ether oxygens (including phenoxy) is 1. The van der Waals surface area contributed by atoms with E-state index in [1.807, 2.05) is 30.9 Å². The summed E-state index contributed by atoms with van der Waals surface area (Å²) in [5, 5.41) is 5.04. The van der Waals surface area contributed by atoms with E-state index in [9.17, 15) is 9.59 Å². The Bertz CT molecular complexity index is 968. The van der Waals surface area contributed by atoms with E-state index in [2.05, 4.69) is 56.6 Å². The number of amides is 3. The van der Waals surface area contributed by atoms with Gasteiger partial charge in [0.25, 0.3) is 0 Å². The van der Waals surface area contributed by atoms with Crippen molar-refractivity contribution in [3.63, 3.8) is 0 Å². The zero-order valence-electron chi connectivity index (χ0n) is 22.0. The Labute approximate surface area is 214 Å². The van der Waals surface area contributed by atoms with Gasteiger partial charge >= 0.3 is 6.03 Å². The fourth-order valence-corrected chi connectivity index (χ4v) is 5.19. The number of nitrogens with zero attached hydrogens (tertiary/aromatic N) is 2. The normalized spacial score (nSPS) is 15.5. The summed E-state index contributed by atoms with van der Waals surface area (Å²) in [6.07, 6.45) is 1.69. The molecular weight excluding hydrogens is 458 g/mol. The Morgan fingerprint density at radius 3 is 2.46 bits per heavy atom. The van der Waals surface area contributed by atoms with Crippen LogP contribution in [-0.2, 0) is 11.2 Å². The summed E-state index contributed by atoms with van der Waals surface area (Å²) in [5.74, 6) is 1.69. The first kappa shape index (κ1) is 27.1. The third kappa shape index (κ3) is 7.47. The van der Waals surface area contributed by atoms with Crippen LogP contribution < -0.4 is 10.1 Å². The van der Waals surface area contributed by atoms with Crippen LogP contribution in [0, 0.1) is 5.92 Å². The number of hydrogen-bond acceptors (Lipinski definition) is 4. The average Bonchev–Trinajstić information content (AvgIpc) is 3.28. The predicted molar refractivity (Wildman–Crippen MR) is 143 cm³/mol. The van der Waals surface area contributed by atoms with E-state index >= 15 is 0 Å². The number of carbonyl (C=O) groups excluding carboxylic acids is 2. The molecule has 6 nitrogen and oxygen atoms in total. The van der Waals surface area contributed by atoms with Crippen molar-refractivity contribution in [2.75, 3.05) is 26.2 Å². The van der Waals surface area contributed by atoms with Gasteiger partial charge in [-0.15, -0.1) is 11.3 Å². The molecule has 3 rings (SSSR count). The first-order valence-corrected chi connectivity index (χ1v) is 13.7. The summed E-state index contributed by atoms with van der Waals surface area (Å²) in [6, 6.07) is 9.98. The van der Waals surface area contributed by atoms with Crippen LogP contribution in [0.5, 0.6) is 5.75 Å². The zero-order chi connectivity index (χ0) is 25.5. The highest BCUT2D eigenvalue weighted by Gasteiger charge is 2.33. The number of nitrogens with one attached hydrogen (secondary N) is 1. The van der Waals surface area contributed by atoms with Crippen LogP contribution in [0.1, 0.15) is 75.9 Å². The summed E-state index contributed by atoms with van der Waals surface area (Å²) in [4.78, 5) is 31.3. The lowest BCUT2D eigenvalue weighted by molar-refractivity contribution is -0.135. The second-order valence-electron chi connectivity index (χ2n) is 10.4. The largest absolute Gasteiger partial charge is 0.491 e. The average molecular weight is 500 g/mol. The van der Waals surface area contributed by atoms with Gasteiger partial charge in [-0.05, 0) is 73.2 Å². The molecular formula is C28H41N3O3S. The molecule has 7 heteroatoms. The van der Waals surface area contributed by atoms with Crippen LogP contribution in [-0.4, -0.2) is 54.0 Å². The molecule has 35 heavy (non-hydrogen) atoms. The molecule has 2 aromatic rings. The van der Waals surface area contributed by atoms with Crippen LogP contribution in [0.3, 0.4) is 0 Å². The van der Waals surface area contributed by atoms with Gasteiger partial charge in [0.15, 0.2) is 0 Å². The molecule has 0 saturated carbocycles. The van der Waals surface area contributed by atoms with Crippen LogP contribution in [0.15, 0.2) is 35.7 Å². The first-order chi connectivity index (χ1) is 16.7. The van der Waals surface area contributed by atoms with Crippen molar-refractivity contribution in [2.24, 2.45) is 5.92 Å². The number of hydrogen-bond donors (Lipinski definition) is 1. The maximum atomic E-state index is 13.6. The molecule has 2 heterocycles. The molecule has 1 aromatic heterocycles.